The lowest BCUT2D eigenvalue weighted by Crippen LogP contribution is -2.47. The van der Waals surface area contributed by atoms with Crippen molar-refractivity contribution in [1.29, 1.82) is 0 Å². The van der Waals surface area contributed by atoms with Crippen molar-refractivity contribution >= 4 is 34.9 Å². The molecule has 0 saturated heterocycles. The van der Waals surface area contributed by atoms with Gasteiger partial charge < -0.3 is 16.3 Å². The molecule has 0 fully saturated rings. The Labute approximate surface area is 121 Å². The lowest BCUT2D eigenvalue weighted by molar-refractivity contribution is 0.0939. The zero-order valence-corrected chi connectivity index (χ0v) is 12.0. The predicted molar refractivity (Wildman–Crippen MR) is 76.0 cm³/mol. The van der Waals surface area contributed by atoms with E-state index >= 15 is 0 Å². The average molecular weight is 304 g/mol. The summed E-state index contributed by atoms with van der Waals surface area (Å²) in [5, 5.41) is 15.0. The second-order valence-corrected chi connectivity index (χ2v) is 5.19. The average Bonchev–Trinajstić information content (AvgIpc) is 2.37. The van der Waals surface area contributed by atoms with Crippen LogP contribution in [0.1, 0.15) is 24.2 Å². The van der Waals surface area contributed by atoms with Crippen molar-refractivity contribution in [2.45, 2.75) is 19.9 Å². The summed E-state index contributed by atoms with van der Waals surface area (Å²) in [6, 6.07) is 3.99. The van der Waals surface area contributed by atoms with Crippen molar-refractivity contribution in [2.24, 2.45) is 16.8 Å². The number of hydrogen-bond donors (Lipinski definition) is 3. The van der Waals surface area contributed by atoms with E-state index in [9.17, 15) is 4.79 Å². The van der Waals surface area contributed by atoms with Crippen LogP contribution in [-0.4, -0.2) is 23.0 Å². The molecule has 1 aromatic carbocycles. The fourth-order valence-corrected chi connectivity index (χ4v) is 1.91. The van der Waals surface area contributed by atoms with Crippen LogP contribution in [0.2, 0.25) is 10.0 Å². The van der Waals surface area contributed by atoms with E-state index < -0.39 is 11.9 Å². The number of nitrogens with two attached hydrogens (primary N) is 1. The van der Waals surface area contributed by atoms with Crippen LogP contribution < -0.4 is 11.1 Å². The van der Waals surface area contributed by atoms with E-state index in [1.807, 2.05) is 13.8 Å². The normalized spacial score (nSPS) is 13.4. The minimum atomic E-state index is -0.590. The highest BCUT2D eigenvalue weighted by Gasteiger charge is 2.22. The van der Waals surface area contributed by atoms with Gasteiger partial charge in [-0.15, -0.1) is 0 Å². The van der Waals surface area contributed by atoms with Gasteiger partial charge in [0.1, 0.15) is 0 Å². The predicted octanol–water partition coefficient (Wildman–Crippen LogP) is 2.49. The van der Waals surface area contributed by atoms with Crippen LogP contribution in [0, 0.1) is 5.92 Å². The lowest BCUT2D eigenvalue weighted by atomic mass is 10.0. The zero-order valence-electron chi connectivity index (χ0n) is 10.5. The zero-order chi connectivity index (χ0) is 14.6. The Balaban J connectivity index is 2.97. The van der Waals surface area contributed by atoms with Crippen LogP contribution in [0.15, 0.2) is 23.4 Å². The first-order valence-corrected chi connectivity index (χ1v) is 6.35. The maximum atomic E-state index is 12.1. The number of nitrogens with one attached hydrogen (secondary N) is 1. The number of carbonyl (C=O) groups is 1. The fourth-order valence-electron chi connectivity index (χ4n) is 1.53. The largest absolute Gasteiger partial charge is 0.409 e. The van der Waals surface area contributed by atoms with E-state index in [1.54, 1.807) is 6.07 Å². The summed E-state index contributed by atoms with van der Waals surface area (Å²) >= 11 is 11.8. The van der Waals surface area contributed by atoms with Gasteiger partial charge in [-0.3, -0.25) is 4.79 Å². The van der Waals surface area contributed by atoms with Crippen molar-refractivity contribution in [3.8, 4) is 0 Å². The summed E-state index contributed by atoms with van der Waals surface area (Å²) < 4.78 is 0. The second kappa shape index (κ2) is 6.63. The Hall–Kier alpha value is -1.46. The number of rotatable bonds is 4. The molecular formula is C12H15Cl2N3O2. The third-order valence-corrected chi connectivity index (χ3v) is 3.13. The fraction of sp³-hybridized carbons (Fsp3) is 0.333. The third kappa shape index (κ3) is 4.01. The van der Waals surface area contributed by atoms with Crippen LogP contribution in [0.25, 0.3) is 0 Å². The number of amidine groups is 1. The molecule has 0 aliphatic carbocycles. The van der Waals surface area contributed by atoms with Gasteiger partial charge in [0, 0.05) is 5.02 Å². The molecule has 104 valence electrons. The minimum Gasteiger partial charge on any atom is -0.409 e. The second-order valence-electron chi connectivity index (χ2n) is 4.34. The SMILES string of the molecule is CC(C)C(NC(=O)c1cc(Cl)ccc1Cl)C(N)=NO. The number of nitrogens with zero attached hydrogens (tertiary/aromatic N) is 1. The molecule has 0 aromatic heterocycles. The summed E-state index contributed by atoms with van der Waals surface area (Å²) in [6.07, 6.45) is 0. The maximum absolute atomic E-state index is 12.1. The van der Waals surface area contributed by atoms with Crippen LogP contribution in [0.4, 0.5) is 0 Å². The summed E-state index contributed by atoms with van der Waals surface area (Å²) in [4.78, 5) is 12.1. The molecule has 1 atom stereocenters. The lowest BCUT2D eigenvalue weighted by Gasteiger charge is -2.21. The van der Waals surface area contributed by atoms with Crippen molar-refractivity contribution in [3.63, 3.8) is 0 Å². The number of benzene rings is 1. The highest BCUT2D eigenvalue weighted by Crippen LogP contribution is 2.20. The molecule has 5 nitrogen and oxygen atoms in total. The van der Waals surface area contributed by atoms with Gasteiger partial charge in [-0.25, -0.2) is 0 Å². The molecule has 19 heavy (non-hydrogen) atoms. The monoisotopic (exact) mass is 303 g/mol. The van der Waals surface area contributed by atoms with Crippen LogP contribution in [-0.2, 0) is 0 Å². The summed E-state index contributed by atoms with van der Waals surface area (Å²) in [6.45, 7) is 3.67. The molecule has 0 heterocycles. The summed E-state index contributed by atoms with van der Waals surface area (Å²) in [5.41, 5.74) is 5.78. The number of oxime groups is 1. The maximum Gasteiger partial charge on any atom is 0.253 e. The first kappa shape index (κ1) is 15.6. The first-order chi connectivity index (χ1) is 8.86. The molecule has 1 amide bonds. The Bertz CT molecular complexity index is 504. The molecule has 0 saturated carbocycles. The first-order valence-electron chi connectivity index (χ1n) is 5.60. The van der Waals surface area contributed by atoms with E-state index in [-0.39, 0.29) is 22.3 Å². The van der Waals surface area contributed by atoms with Gasteiger partial charge >= 0.3 is 0 Å². The van der Waals surface area contributed by atoms with E-state index in [4.69, 9.17) is 34.1 Å². The Morgan fingerprint density at radius 1 is 1.42 bits per heavy atom. The Morgan fingerprint density at radius 3 is 2.58 bits per heavy atom. The number of amides is 1. The smallest absolute Gasteiger partial charge is 0.253 e. The molecule has 1 rings (SSSR count). The van der Waals surface area contributed by atoms with Gasteiger partial charge in [0.05, 0.1) is 16.6 Å². The third-order valence-electron chi connectivity index (χ3n) is 2.56. The molecule has 0 spiro atoms. The highest BCUT2D eigenvalue weighted by atomic mass is 35.5. The van der Waals surface area contributed by atoms with Gasteiger partial charge in [0.15, 0.2) is 5.84 Å². The van der Waals surface area contributed by atoms with Gasteiger partial charge in [0.2, 0.25) is 0 Å². The molecule has 0 bridgehead atoms. The van der Waals surface area contributed by atoms with Crippen molar-refractivity contribution in [2.75, 3.05) is 0 Å². The van der Waals surface area contributed by atoms with E-state index in [2.05, 4.69) is 10.5 Å². The molecule has 4 N–H and O–H groups in total. The Kier molecular flexibility index (Phi) is 5.44. The standard InChI is InChI=1S/C12H15Cl2N3O2/c1-6(2)10(11(15)17-19)16-12(18)8-5-7(13)3-4-9(8)14/h3-6,10,19H,1-2H3,(H2,15,17)(H,16,18). The number of hydrogen-bond acceptors (Lipinski definition) is 3. The quantitative estimate of drug-likeness (QED) is 0.345. The molecule has 0 aliphatic heterocycles. The topological polar surface area (TPSA) is 87.7 Å². The summed E-state index contributed by atoms with van der Waals surface area (Å²) in [5.74, 6) is -0.544. The van der Waals surface area contributed by atoms with Crippen molar-refractivity contribution in [3.05, 3.63) is 33.8 Å². The molecule has 1 unspecified atom stereocenters. The molecule has 1 aromatic rings. The van der Waals surface area contributed by atoms with Gasteiger partial charge in [-0.05, 0) is 24.1 Å². The molecule has 7 heteroatoms. The molecule has 0 aliphatic rings. The van der Waals surface area contributed by atoms with Gasteiger partial charge in [0.25, 0.3) is 5.91 Å². The van der Waals surface area contributed by atoms with Crippen molar-refractivity contribution < 1.29 is 10.0 Å². The van der Waals surface area contributed by atoms with Crippen LogP contribution in [0.3, 0.4) is 0 Å². The highest BCUT2D eigenvalue weighted by molar-refractivity contribution is 6.35. The van der Waals surface area contributed by atoms with Crippen LogP contribution >= 0.6 is 23.2 Å². The van der Waals surface area contributed by atoms with Gasteiger partial charge in [-0.1, -0.05) is 42.2 Å². The van der Waals surface area contributed by atoms with Gasteiger partial charge in [-0.2, -0.15) is 0 Å². The number of carbonyl (C=O) groups excluding carboxylic acids is 1. The Morgan fingerprint density at radius 2 is 2.05 bits per heavy atom. The molecule has 0 radical (unpaired) electrons. The van der Waals surface area contributed by atoms with E-state index in [0.717, 1.165) is 0 Å². The number of halogens is 2. The van der Waals surface area contributed by atoms with Crippen molar-refractivity contribution in [1.82, 2.24) is 5.32 Å². The molecular weight excluding hydrogens is 289 g/mol. The van der Waals surface area contributed by atoms with E-state index in [1.165, 1.54) is 12.1 Å². The summed E-state index contributed by atoms with van der Waals surface area (Å²) in [7, 11) is 0. The van der Waals surface area contributed by atoms with E-state index in [0.29, 0.717) is 5.02 Å². The minimum absolute atomic E-state index is 0.0437. The van der Waals surface area contributed by atoms with Crippen LogP contribution in [0.5, 0.6) is 0 Å².